The summed E-state index contributed by atoms with van der Waals surface area (Å²) in [5, 5.41) is 8.75. The van der Waals surface area contributed by atoms with Crippen LogP contribution in [0.1, 0.15) is 19.3 Å². The second-order valence-corrected chi connectivity index (χ2v) is 4.72. The van der Waals surface area contributed by atoms with Crippen LogP contribution >= 0.6 is 0 Å². The standard InChI is InChI=1S/C12H16N2O3/c1-2-5-13(8-11(15)16)12(17)14-7-9-3-4-10(14)6-9/h1,9-10H,3-8H2,(H,15,16). The highest BCUT2D eigenvalue weighted by atomic mass is 16.4. The van der Waals surface area contributed by atoms with E-state index in [1.54, 1.807) is 4.90 Å². The molecule has 92 valence electrons. The Kier molecular flexibility index (Phi) is 3.23. The van der Waals surface area contributed by atoms with Gasteiger partial charge < -0.3 is 14.9 Å². The maximum atomic E-state index is 12.2. The van der Waals surface area contributed by atoms with E-state index in [1.807, 2.05) is 0 Å². The van der Waals surface area contributed by atoms with Gasteiger partial charge in [0.25, 0.3) is 0 Å². The molecule has 1 heterocycles. The van der Waals surface area contributed by atoms with Crippen LogP contribution in [0.25, 0.3) is 0 Å². The molecule has 1 aliphatic heterocycles. The number of aliphatic carboxylic acids is 1. The molecule has 1 saturated heterocycles. The first-order valence-electron chi connectivity index (χ1n) is 5.82. The molecule has 2 bridgehead atoms. The number of hydrogen-bond acceptors (Lipinski definition) is 2. The molecule has 5 nitrogen and oxygen atoms in total. The van der Waals surface area contributed by atoms with Crippen molar-refractivity contribution in [2.24, 2.45) is 5.92 Å². The number of hydrogen-bond donors (Lipinski definition) is 1. The summed E-state index contributed by atoms with van der Waals surface area (Å²) in [6, 6.07) is 0.0686. The fourth-order valence-electron chi connectivity index (χ4n) is 2.81. The van der Waals surface area contributed by atoms with Gasteiger partial charge in [0.15, 0.2) is 0 Å². The molecule has 17 heavy (non-hydrogen) atoms. The van der Waals surface area contributed by atoms with Gasteiger partial charge in [-0.15, -0.1) is 6.42 Å². The van der Waals surface area contributed by atoms with E-state index in [0.717, 1.165) is 19.4 Å². The molecule has 2 unspecified atom stereocenters. The van der Waals surface area contributed by atoms with Crippen molar-refractivity contribution in [3.63, 3.8) is 0 Å². The summed E-state index contributed by atoms with van der Waals surface area (Å²) in [5.74, 6) is 1.91. The number of rotatable bonds is 3. The minimum absolute atomic E-state index is 0.0546. The van der Waals surface area contributed by atoms with E-state index in [-0.39, 0.29) is 19.1 Å². The quantitative estimate of drug-likeness (QED) is 0.730. The van der Waals surface area contributed by atoms with Gasteiger partial charge in [0.1, 0.15) is 6.54 Å². The lowest BCUT2D eigenvalue weighted by Crippen LogP contribution is -2.48. The maximum Gasteiger partial charge on any atom is 0.323 e. The number of likely N-dealkylation sites (tertiary alicyclic amines) is 1. The molecule has 0 spiro atoms. The molecule has 1 N–H and O–H groups in total. The minimum Gasteiger partial charge on any atom is -0.480 e. The second kappa shape index (κ2) is 4.66. The Bertz CT molecular complexity index is 374. The highest BCUT2D eigenvalue weighted by Crippen LogP contribution is 2.37. The van der Waals surface area contributed by atoms with Crippen LogP contribution in [-0.4, -0.2) is 52.6 Å². The number of carbonyl (C=O) groups is 2. The monoisotopic (exact) mass is 236 g/mol. The Morgan fingerprint density at radius 3 is 2.71 bits per heavy atom. The predicted molar refractivity (Wildman–Crippen MR) is 61.3 cm³/mol. The van der Waals surface area contributed by atoms with Crippen molar-refractivity contribution in [3.05, 3.63) is 0 Å². The summed E-state index contributed by atoms with van der Waals surface area (Å²) < 4.78 is 0. The van der Waals surface area contributed by atoms with Crippen molar-refractivity contribution in [2.45, 2.75) is 25.3 Å². The summed E-state index contributed by atoms with van der Waals surface area (Å²) in [4.78, 5) is 25.8. The maximum absolute atomic E-state index is 12.2. The van der Waals surface area contributed by atoms with Gasteiger partial charge in [-0.25, -0.2) is 4.79 Å². The summed E-state index contributed by atoms with van der Waals surface area (Å²) in [7, 11) is 0. The van der Waals surface area contributed by atoms with E-state index in [1.165, 1.54) is 11.3 Å². The second-order valence-electron chi connectivity index (χ2n) is 4.72. The van der Waals surface area contributed by atoms with E-state index in [0.29, 0.717) is 12.0 Å². The largest absolute Gasteiger partial charge is 0.480 e. The number of piperidine rings is 1. The number of terminal acetylenes is 1. The van der Waals surface area contributed by atoms with Gasteiger partial charge in [-0.2, -0.15) is 0 Å². The fourth-order valence-corrected chi connectivity index (χ4v) is 2.81. The van der Waals surface area contributed by atoms with Gasteiger partial charge in [-0.3, -0.25) is 4.79 Å². The van der Waals surface area contributed by atoms with Crippen LogP contribution in [0.4, 0.5) is 4.79 Å². The first-order valence-corrected chi connectivity index (χ1v) is 5.82. The summed E-state index contributed by atoms with van der Waals surface area (Å²) >= 11 is 0. The Morgan fingerprint density at radius 2 is 2.24 bits per heavy atom. The van der Waals surface area contributed by atoms with E-state index in [4.69, 9.17) is 11.5 Å². The Labute approximate surface area is 100 Å². The van der Waals surface area contributed by atoms with E-state index in [9.17, 15) is 9.59 Å². The van der Waals surface area contributed by atoms with Crippen molar-refractivity contribution in [1.29, 1.82) is 0 Å². The van der Waals surface area contributed by atoms with Crippen LogP contribution in [0.15, 0.2) is 0 Å². The van der Waals surface area contributed by atoms with Crippen molar-refractivity contribution < 1.29 is 14.7 Å². The van der Waals surface area contributed by atoms with Crippen molar-refractivity contribution in [2.75, 3.05) is 19.6 Å². The molecule has 1 aliphatic carbocycles. The number of urea groups is 1. The average Bonchev–Trinajstić information content (AvgIpc) is 2.88. The molecule has 2 aliphatic rings. The average molecular weight is 236 g/mol. The van der Waals surface area contributed by atoms with Crippen LogP contribution in [-0.2, 0) is 4.79 Å². The number of fused-ring (bicyclic) bond motifs is 2. The first-order chi connectivity index (χ1) is 8.11. The Hall–Kier alpha value is -1.70. The molecule has 2 amide bonds. The minimum atomic E-state index is -1.03. The van der Waals surface area contributed by atoms with Crippen molar-refractivity contribution >= 4 is 12.0 Å². The highest BCUT2D eigenvalue weighted by molar-refractivity contribution is 5.81. The smallest absolute Gasteiger partial charge is 0.323 e. The van der Waals surface area contributed by atoms with Crippen molar-refractivity contribution in [1.82, 2.24) is 9.80 Å². The van der Waals surface area contributed by atoms with Gasteiger partial charge >= 0.3 is 12.0 Å². The predicted octanol–water partition coefficient (Wildman–Crippen LogP) is 0.611. The summed E-state index contributed by atoms with van der Waals surface area (Å²) in [6.45, 7) is 0.486. The SMILES string of the molecule is C#CCN(CC(=O)O)C(=O)N1CC2CCC1C2. The lowest BCUT2D eigenvalue weighted by Gasteiger charge is -2.31. The Morgan fingerprint density at radius 1 is 1.47 bits per heavy atom. The normalized spacial score (nSPS) is 25.7. The Balaban J connectivity index is 2.01. The van der Waals surface area contributed by atoms with Gasteiger partial charge in [-0.1, -0.05) is 5.92 Å². The van der Waals surface area contributed by atoms with Crippen LogP contribution in [0, 0.1) is 18.3 Å². The molecular formula is C12H16N2O3. The first kappa shape index (κ1) is 11.8. The molecule has 0 aromatic rings. The zero-order chi connectivity index (χ0) is 12.4. The lowest BCUT2D eigenvalue weighted by atomic mass is 10.1. The highest BCUT2D eigenvalue weighted by Gasteiger charge is 2.41. The molecule has 0 aromatic heterocycles. The third-order valence-corrected chi connectivity index (χ3v) is 3.53. The molecule has 5 heteroatoms. The van der Waals surface area contributed by atoms with Gasteiger partial charge in [0.05, 0.1) is 6.54 Å². The van der Waals surface area contributed by atoms with Crippen molar-refractivity contribution in [3.8, 4) is 12.3 Å². The number of carbonyl (C=O) groups excluding carboxylic acids is 1. The molecule has 0 aromatic carbocycles. The van der Waals surface area contributed by atoms with Crippen LogP contribution in [0.3, 0.4) is 0 Å². The molecule has 2 rings (SSSR count). The molecular weight excluding hydrogens is 220 g/mol. The van der Waals surface area contributed by atoms with Crippen LogP contribution in [0.5, 0.6) is 0 Å². The van der Waals surface area contributed by atoms with Gasteiger partial charge in [0.2, 0.25) is 0 Å². The number of carboxylic acid groups (broad SMARTS) is 1. The lowest BCUT2D eigenvalue weighted by molar-refractivity contribution is -0.137. The third kappa shape index (κ3) is 2.36. The topological polar surface area (TPSA) is 60.9 Å². The zero-order valence-corrected chi connectivity index (χ0v) is 9.63. The number of carboxylic acids is 1. The number of nitrogens with zero attached hydrogens (tertiary/aromatic N) is 2. The molecule has 1 saturated carbocycles. The third-order valence-electron chi connectivity index (χ3n) is 3.53. The van der Waals surface area contributed by atoms with Gasteiger partial charge in [0, 0.05) is 12.6 Å². The summed E-state index contributed by atoms with van der Waals surface area (Å²) in [5.41, 5.74) is 0. The summed E-state index contributed by atoms with van der Waals surface area (Å²) in [6.07, 6.45) is 8.44. The fraction of sp³-hybridized carbons (Fsp3) is 0.667. The van der Waals surface area contributed by atoms with Crippen LogP contribution in [0.2, 0.25) is 0 Å². The molecule has 0 radical (unpaired) electrons. The molecule has 2 fully saturated rings. The van der Waals surface area contributed by atoms with Crippen LogP contribution < -0.4 is 0 Å². The number of amides is 2. The van der Waals surface area contributed by atoms with Gasteiger partial charge in [-0.05, 0) is 25.2 Å². The van der Waals surface area contributed by atoms with E-state index < -0.39 is 5.97 Å². The van der Waals surface area contributed by atoms with E-state index in [2.05, 4.69) is 5.92 Å². The molecule has 2 atom stereocenters. The zero-order valence-electron chi connectivity index (χ0n) is 9.63. The van der Waals surface area contributed by atoms with E-state index >= 15 is 0 Å².